The van der Waals surface area contributed by atoms with Gasteiger partial charge in [-0.2, -0.15) is 0 Å². The number of methoxy groups -OCH3 is 2. The number of carbonyl (C=O) groups is 3. The molecule has 0 radical (unpaired) electrons. The number of ether oxygens (including phenoxy) is 5. The van der Waals surface area contributed by atoms with E-state index in [1.807, 2.05) is 4.90 Å². The Hall–Kier alpha value is -4.45. The van der Waals surface area contributed by atoms with Crippen LogP contribution >= 0.6 is 0 Å². The number of rotatable bonds is 8. The molecule has 12 heteroatoms. The van der Waals surface area contributed by atoms with E-state index in [-0.39, 0.29) is 25.3 Å². The smallest absolute Gasteiger partial charge is 0.338 e. The van der Waals surface area contributed by atoms with Crippen molar-refractivity contribution in [3.05, 3.63) is 58.8 Å². The van der Waals surface area contributed by atoms with Crippen molar-refractivity contribution < 1.29 is 38.1 Å². The predicted octanol–water partition coefficient (Wildman–Crippen LogP) is 2.79. The normalized spacial score (nSPS) is 18.9. The standard InChI is InChI=1S/C30H36N4O8/c1-5-40-29(36)26-22(32(2)30(37)31-27(26)21-16-20(38-3)8-10-23(21)39-4)17-33-11-6-12-34(14-13-33)28(35)19-7-9-24-25(15-19)42-18-41-24/h7-10,15-16,27H,5-6,11-14,17-18H2,1-4H3,(H,31,37)/t27-/m1/s1. The maximum absolute atomic E-state index is 13.5. The maximum Gasteiger partial charge on any atom is 0.338 e. The molecule has 42 heavy (non-hydrogen) atoms. The molecule has 0 saturated carbocycles. The van der Waals surface area contributed by atoms with Crippen LogP contribution in [0.1, 0.15) is 35.3 Å². The van der Waals surface area contributed by atoms with Crippen molar-refractivity contribution in [1.29, 1.82) is 0 Å². The minimum Gasteiger partial charge on any atom is -0.497 e. The minimum absolute atomic E-state index is 0.0825. The number of urea groups is 1. The molecule has 3 amide bonds. The molecular weight excluding hydrogens is 544 g/mol. The largest absolute Gasteiger partial charge is 0.497 e. The molecule has 0 aliphatic carbocycles. The van der Waals surface area contributed by atoms with Crippen molar-refractivity contribution in [2.24, 2.45) is 0 Å². The summed E-state index contributed by atoms with van der Waals surface area (Å²) in [6.45, 7) is 4.67. The molecule has 0 aromatic heterocycles. The second-order valence-electron chi connectivity index (χ2n) is 10.1. The number of nitrogens with zero attached hydrogens (tertiary/aromatic N) is 3. The Morgan fingerprint density at radius 3 is 2.57 bits per heavy atom. The zero-order valence-electron chi connectivity index (χ0n) is 24.3. The van der Waals surface area contributed by atoms with Crippen LogP contribution in [0.3, 0.4) is 0 Å². The summed E-state index contributed by atoms with van der Waals surface area (Å²) >= 11 is 0. The number of amides is 3. The Labute approximate surface area is 244 Å². The van der Waals surface area contributed by atoms with Crippen LogP contribution in [0.15, 0.2) is 47.7 Å². The lowest BCUT2D eigenvalue weighted by atomic mass is 9.93. The molecule has 1 saturated heterocycles. The number of carbonyl (C=O) groups excluding carboxylic acids is 3. The van der Waals surface area contributed by atoms with E-state index in [0.717, 1.165) is 6.42 Å². The topological polar surface area (TPSA) is 119 Å². The Bertz CT molecular complexity index is 1390. The number of likely N-dealkylation sites (N-methyl/N-ethyl adjacent to an activating group) is 1. The Kier molecular flexibility index (Phi) is 8.72. The molecule has 0 bridgehead atoms. The molecule has 2 aromatic carbocycles. The average molecular weight is 581 g/mol. The van der Waals surface area contributed by atoms with Crippen LogP contribution in [0, 0.1) is 0 Å². The summed E-state index contributed by atoms with van der Waals surface area (Å²) in [6, 6.07) is 9.28. The first-order chi connectivity index (χ1) is 20.3. The molecular formula is C30H36N4O8. The highest BCUT2D eigenvalue weighted by molar-refractivity contribution is 5.96. The highest BCUT2D eigenvalue weighted by Crippen LogP contribution is 2.38. The van der Waals surface area contributed by atoms with E-state index in [0.29, 0.717) is 78.1 Å². The summed E-state index contributed by atoms with van der Waals surface area (Å²) in [5.41, 5.74) is 1.97. The summed E-state index contributed by atoms with van der Waals surface area (Å²) in [5.74, 6) is 1.65. The number of esters is 1. The zero-order chi connectivity index (χ0) is 29.8. The first-order valence-corrected chi connectivity index (χ1v) is 13.9. The van der Waals surface area contributed by atoms with Gasteiger partial charge in [0.25, 0.3) is 5.91 Å². The zero-order valence-corrected chi connectivity index (χ0v) is 24.3. The minimum atomic E-state index is -0.816. The number of nitrogens with one attached hydrogen (secondary N) is 1. The van der Waals surface area contributed by atoms with E-state index in [9.17, 15) is 14.4 Å². The molecule has 5 rings (SSSR count). The summed E-state index contributed by atoms with van der Waals surface area (Å²) in [5, 5.41) is 2.94. The third kappa shape index (κ3) is 5.80. The first-order valence-electron chi connectivity index (χ1n) is 13.9. The molecule has 224 valence electrons. The Morgan fingerprint density at radius 2 is 1.81 bits per heavy atom. The molecule has 3 aliphatic rings. The van der Waals surface area contributed by atoms with E-state index >= 15 is 0 Å². The van der Waals surface area contributed by atoms with Crippen LogP contribution < -0.4 is 24.3 Å². The monoisotopic (exact) mass is 580 g/mol. The first kappa shape index (κ1) is 29.1. The number of benzene rings is 2. The van der Waals surface area contributed by atoms with E-state index in [1.54, 1.807) is 57.5 Å². The molecule has 3 aliphatic heterocycles. The van der Waals surface area contributed by atoms with Crippen molar-refractivity contribution >= 4 is 17.9 Å². The van der Waals surface area contributed by atoms with Crippen molar-refractivity contribution in [2.75, 3.05) is 67.4 Å². The van der Waals surface area contributed by atoms with Crippen LogP contribution in [0.5, 0.6) is 23.0 Å². The van der Waals surface area contributed by atoms with E-state index in [1.165, 1.54) is 12.0 Å². The van der Waals surface area contributed by atoms with Crippen LogP contribution in [-0.2, 0) is 9.53 Å². The Balaban J connectivity index is 1.41. The van der Waals surface area contributed by atoms with Gasteiger partial charge >= 0.3 is 12.0 Å². The second-order valence-corrected chi connectivity index (χ2v) is 10.1. The van der Waals surface area contributed by atoms with E-state index in [2.05, 4.69) is 10.2 Å². The molecule has 0 unspecified atom stereocenters. The van der Waals surface area contributed by atoms with E-state index in [4.69, 9.17) is 23.7 Å². The predicted molar refractivity (Wildman–Crippen MR) is 152 cm³/mol. The van der Waals surface area contributed by atoms with Crippen molar-refractivity contribution in [3.8, 4) is 23.0 Å². The van der Waals surface area contributed by atoms with Gasteiger partial charge in [-0.3, -0.25) is 14.6 Å². The molecule has 1 atom stereocenters. The molecule has 1 fully saturated rings. The lowest BCUT2D eigenvalue weighted by molar-refractivity contribution is -0.139. The van der Waals surface area contributed by atoms with Crippen LogP contribution in [0.2, 0.25) is 0 Å². The Morgan fingerprint density at radius 1 is 1.00 bits per heavy atom. The molecule has 0 spiro atoms. The fraction of sp³-hybridized carbons (Fsp3) is 0.433. The molecule has 3 heterocycles. The highest BCUT2D eigenvalue weighted by Gasteiger charge is 2.39. The van der Waals surface area contributed by atoms with Gasteiger partial charge in [0, 0.05) is 56.6 Å². The fourth-order valence-corrected chi connectivity index (χ4v) is 5.45. The van der Waals surface area contributed by atoms with Gasteiger partial charge in [0.2, 0.25) is 6.79 Å². The van der Waals surface area contributed by atoms with Gasteiger partial charge in [0.05, 0.1) is 32.4 Å². The lowest BCUT2D eigenvalue weighted by Crippen LogP contribution is -2.49. The quantitative estimate of drug-likeness (QED) is 0.470. The van der Waals surface area contributed by atoms with Gasteiger partial charge in [-0.05, 0) is 49.7 Å². The summed E-state index contributed by atoms with van der Waals surface area (Å²) in [4.78, 5) is 45.4. The third-order valence-electron chi connectivity index (χ3n) is 7.69. The number of hydrogen-bond acceptors (Lipinski definition) is 9. The SMILES string of the molecule is CCOC(=O)C1=C(CN2CCCN(C(=O)c3ccc4c(c3)OCO4)CC2)N(C)C(=O)N[C@@H]1c1cc(OC)ccc1OC. The van der Waals surface area contributed by atoms with Crippen molar-refractivity contribution in [1.82, 2.24) is 20.0 Å². The van der Waals surface area contributed by atoms with Gasteiger partial charge in [-0.15, -0.1) is 0 Å². The molecule has 2 aromatic rings. The summed E-state index contributed by atoms with van der Waals surface area (Å²) in [7, 11) is 4.72. The van der Waals surface area contributed by atoms with Crippen molar-refractivity contribution in [3.63, 3.8) is 0 Å². The van der Waals surface area contributed by atoms with Crippen LogP contribution in [-0.4, -0.2) is 100.0 Å². The highest BCUT2D eigenvalue weighted by atomic mass is 16.7. The van der Waals surface area contributed by atoms with Gasteiger partial charge in [-0.25, -0.2) is 9.59 Å². The van der Waals surface area contributed by atoms with Gasteiger partial charge < -0.3 is 33.9 Å². The summed E-state index contributed by atoms with van der Waals surface area (Å²) < 4.78 is 27.3. The second kappa shape index (κ2) is 12.6. The van der Waals surface area contributed by atoms with Crippen molar-refractivity contribution in [2.45, 2.75) is 19.4 Å². The average Bonchev–Trinajstić information content (AvgIpc) is 3.35. The van der Waals surface area contributed by atoms with Crippen LogP contribution in [0.25, 0.3) is 0 Å². The summed E-state index contributed by atoms with van der Waals surface area (Å²) in [6.07, 6.45) is 0.724. The van der Waals surface area contributed by atoms with E-state index < -0.39 is 12.0 Å². The third-order valence-corrected chi connectivity index (χ3v) is 7.69. The number of hydrogen-bond donors (Lipinski definition) is 1. The van der Waals surface area contributed by atoms with Gasteiger partial charge in [0.15, 0.2) is 11.5 Å². The fourth-order valence-electron chi connectivity index (χ4n) is 5.45. The van der Waals surface area contributed by atoms with Crippen LogP contribution in [0.4, 0.5) is 4.79 Å². The molecule has 12 nitrogen and oxygen atoms in total. The lowest BCUT2D eigenvalue weighted by Gasteiger charge is -2.37. The maximum atomic E-state index is 13.5. The van der Waals surface area contributed by atoms with Gasteiger partial charge in [-0.1, -0.05) is 0 Å². The molecule has 1 N–H and O–H groups in total. The number of fused-ring (bicyclic) bond motifs is 1. The van der Waals surface area contributed by atoms with Gasteiger partial charge in [0.1, 0.15) is 11.5 Å².